The van der Waals surface area contributed by atoms with E-state index >= 15 is 0 Å². The summed E-state index contributed by atoms with van der Waals surface area (Å²) >= 11 is 5.82. The zero-order valence-corrected chi connectivity index (χ0v) is 13.8. The van der Waals surface area contributed by atoms with E-state index in [1.807, 2.05) is 0 Å². The fourth-order valence-electron chi connectivity index (χ4n) is 2.45. The van der Waals surface area contributed by atoms with E-state index in [1.165, 1.54) is 30.5 Å². The Kier molecular flexibility index (Phi) is 3.47. The minimum atomic E-state index is -3.83. The Labute approximate surface area is 143 Å². The van der Waals surface area contributed by atoms with E-state index in [4.69, 9.17) is 21.1 Å². The lowest BCUT2D eigenvalue weighted by molar-refractivity contribution is 0.174. The predicted molar refractivity (Wildman–Crippen MR) is 87.8 cm³/mol. The van der Waals surface area contributed by atoms with Gasteiger partial charge in [-0.2, -0.15) is 17.6 Å². The number of aromatic nitrogens is 2. The number of hydrogen-bond acceptors (Lipinski definition) is 5. The lowest BCUT2D eigenvalue weighted by Gasteiger charge is -2.09. The van der Waals surface area contributed by atoms with Gasteiger partial charge in [-0.15, -0.1) is 0 Å². The third-order valence-electron chi connectivity index (χ3n) is 3.62. The van der Waals surface area contributed by atoms with E-state index in [0.717, 1.165) is 4.09 Å². The molecule has 8 heteroatoms. The molecule has 24 heavy (non-hydrogen) atoms. The third kappa shape index (κ3) is 2.42. The summed E-state index contributed by atoms with van der Waals surface area (Å²) in [5.74, 6) is 1.20. The van der Waals surface area contributed by atoms with E-state index in [9.17, 15) is 8.42 Å². The number of benzene rings is 2. The van der Waals surface area contributed by atoms with Gasteiger partial charge in [0, 0.05) is 10.6 Å². The van der Waals surface area contributed by atoms with Crippen molar-refractivity contribution in [3.8, 4) is 22.8 Å². The highest BCUT2D eigenvalue weighted by molar-refractivity contribution is 7.90. The molecule has 0 fully saturated rings. The highest BCUT2D eigenvalue weighted by Crippen LogP contribution is 2.36. The maximum atomic E-state index is 12.8. The highest BCUT2D eigenvalue weighted by Gasteiger charge is 2.23. The smallest absolute Gasteiger partial charge is 0.283 e. The van der Waals surface area contributed by atoms with Crippen LogP contribution in [0, 0.1) is 0 Å². The number of hydrogen-bond donors (Lipinski definition) is 0. The molecule has 0 aliphatic carbocycles. The van der Waals surface area contributed by atoms with Gasteiger partial charge in [0.2, 0.25) is 6.79 Å². The average molecular weight is 363 g/mol. The van der Waals surface area contributed by atoms with E-state index in [-0.39, 0.29) is 11.7 Å². The highest BCUT2D eigenvalue weighted by atomic mass is 35.5. The lowest BCUT2D eigenvalue weighted by atomic mass is 10.1. The first-order valence-electron chi connectivity index (χ1n) is 7.01. The number of halogens is 1. The van der Waals surface area contributed by atoms with Gasteiger partial charge in [-0.05, 0) is 48.5 Å². The van der Waals surface area contributed by atoms with Crippen molar-refractivity contribution >= 4 is 21.6 Å². The van der Waals surface area contributed by atoms with E-state index < -0.39 is 10.0 Å². The summed E-state index contributed by atoms with van der Waals surface area (Å²) in [5.41, 5.74) is 1.09. The first-order valence-corrected chi connectivity index (χ1v) is 8.83. The van der Waals surface area contributed by atoms with E-state index in [1.54, 1.807) is 24.3 Å². The molecule has 4 rings (SSSR count). The molecule has 1 aromatic heterocycles. The molecule has 0 saturated carbocycles. The van der Waals surface area contributed by atoms with Crippen LogP contribution in [0.1, 0.15) is 0 Å². The second-order valence-corrected chi connectivity index (χ2v) is 7.29. The quantitative estimate of drug-likeness (QED) is 0.715. The van der Waals surface area contributed by atoms with Crippen LogP contribution in [-0.2, 0) is 10.0 Å². The van der Waals surface area contributed by atoms with Crippen molar-refractivity contribution in [3.63, 3.8) is 0 Å². The molecule has 1 aliphatic heterocycles. The first-order chi connectivity index (χ1) is 11.6. The summed E-state index contributed by atoms with van der Waals surface area (Å²) in [6.45, 7) is 0.154. The second kappa shape index (κ2) is 5.54. The molecule has 0 spiro atoms. The Bertz CT molecular complexity index is 1010. The molecule has 0 radical (unpaired) electrons. The summed E-state index contributed by atoms with van der Waals surface area (Å²) in [5, 5.41) is 4.44. The molecule has 2 aromatic carbocycles. The molecule has 6 nitrogen and oxygen atoms in total. The van der Waals surface area contributed by atoms with Crippen LogP contribution in [0.15, 0.2) is 59.6 Å². The molecule has 0 bridgehead atoms. The van der Waals surface area contributed by atoms with Gasteiger partial charge in [-0.3, -0.25) is 0 Å². The van der Waals surface area contributed by atoms with Crippen molar-refractivity contribution in [1.82, 2.24) is 9.19 Å². The lowest BCUT2D eigenvalue weighted by Crippen LogP contribution is -2.15. The standard InChI is InChI=1S/C16H11ClN2O4S/c17-12-2-4-13(5-3-12)24(20,21)19-14(7-8-18-19)11-1-6-15-16(9-11)23-10-22-15/h1-9H,10H2. The van der Waals surface area contributed by atoms with Gasteiger partial charge in [-0.1, -0.05) is 11.6 Å². The summed E-state index contributed by atoms with van der Waals surface area (Å²) in [7, 11) is -3.83. The van der Waals surface area contributed by atoms with Gasteiger partial charge in [0.1, 0.15) is 0 Å². The minimum absolute atomic E-state index is 0.109. The number of rotatable bonds is 3. The van der Waals surface area contributed by atoms with E-state index in [0.29, 0.717) is 27.8 Å². The third-order valence-corrected chi connectivity index (χ3v) is 5.48. The Morgan fingerprint density at radius 1 is 1.00 bits per heavy atom. The van der Waals surface area contributed by atoms with Crippen molar-refractivity contribution in [2.24, 2.45) is 0 Å². The molecule has 1 aliphatic rings. The molecule has 122 valence electrons. The topological polar surface area (TPSA) is 70.4 Å². The Hall–Kier alpha value is -2.51. The zero-order chi connectivity index (χ0) is 16.7. The van der Waals surface area contributed by atoms with Crippen molar-refractivity contribution in [3.05, 3.63) is 59.8 Å². The molecule has 2 heterocycles. The number of ether oxygens (including phenoxy) is 2. The van der Waals surface area contributed by atoms with Crippen molar-refractivity contribution < 1.29 is 17.9 Å². The van der Waals surface area contributed by atoms with Crippen LogP contribution in [0.3, 0.4) is 0 Å². The second-order valence-electron chi connectivity index (χ2n) is 5.09. The predicted octanol–water partition coefficient (Wildman–Crippen LogP) is 3.17. The molecule has 0 saturated heterocycles. The molecule has 0 N–H and O–H groups in total. The number of nitrogens with zero attached hydrogens (tertiary/aromatic N) is 2. The van der Waals surface area contributed by atoms with Crippen LogP contribution in [-0.4, -0.2) is 24.4 Å². The maximum absolute atomic E-state index is 12.8. The Morgan fingerprint density at radius 2 is 1.75 bits per heavy atom. The molecule has 0 amide bonds. The monoisotopic (exact) mass is 362 g/mol. The summed E-state index contributed by atoms with van der Waals surface area (Å²) in [6.07, 6.45) is 1.44. The van der Waals surface area contributed by atoms with Crippen LogP contribution in [0.5, 0.6) is 11.5 Å². The van der Waals surface area contributed by atoms with Crippen molar-refractivity contribution in [2.45, 2.75) is 4.90 Å². The Balaban J connectivity index is 1.81. The van der Waals surface area contributed by atoms with Crippen LogP contribution in [0.25, 0.3) is 11.3 Å². The SMILES string of the molecule is O=S(=O)(c1ccc(Cl)cc1)n1nccc1-c1ccc2c(c1)OCO2. The van der Waals surface area contributed by atoms with Crippen molar-refractivity contribution in [1.29, 1.82) is 0 Å². The molecular formula is C16H11ClN2O4S. The van der Waals surface area contributed by atoms with Crippen LogP contribution >= 0.6 is 11.6 Å². The van der Waals surface area contributed by atoms with Gasteiger partial charge >= 0.3 is 0 Å². The average Bonchev–Trinajstić information content (AvgIpc) is 3.24. The Morgan fingerprint density at radius 3 is 2.54 bits per heavy atom. The van der Waals surface area contributed by atoms with Crippen molar-refractivity contribution in [2.75, 3.05) is 6.79 Å². The summed E-state index contributed by atoms with van der Waals surface area (Å²) in [4.78, 5) is 0.109. The van der Waals surface area contributed by atoms with Gasteiger partial charge in [0.25, 0.3) is 10.0 Å². The van der Waals surface area contributed by atoms with Crippen LogP contribution < -0.4 is 9.47 Å². The maximum Gasteiger partial charge on any atom is 0.283 e. The summed E-state index contributed by atoms with van der Waals surface area (Å²) < 4.78 is 37.3. The van der Waals surface area contributed by atoms with Gasteiger partial charge in [-0.25, -0.2) is 0 Å². The fourth-order valence-corrected chi connectivity index (χ4v) is 3.86. The van der Waals surface area contributed by atoms with Gasteiger partial charge < -0.3 is 9.47 Å². The molecule has 3 aromatic rings. The first kappa shape index (κ1) is 15.0. The summed E-state index contributed by atoms with van der Waals surface area (Å²) in [6, 6.07) is 12.8. The van der Waals surface area contributed by atoms with Gasteiger partial charge in [0.05, 0.1) is 16.8 Å². The fraction of sp³-hybridized carbons (Fsp3) is 0.0625. The largest absolute Gasteiger partial charge is 0.454 e. The minimum Gasteiger partial charge on any atom is -0.454 e. The van der Waals surface area contributed by atoms with Gasteiger partial charge in [0.15, 0.2) is 11.5 Å². The number of fused-ring (bicyclic) bond motifs is 1. The van der Waals surface area contributed by atoms with Crippen LogP contribution in [0.4, 0.5) is 0 Å². The van der Waals surface area contributed by atoms with E-state index in [2.05, 4.69) is 5.10 Å². The van der Waals surface area contributed by atoms with Crippen LogP contribution in [0.2, 0.25) is 5.02 Å². The molecular weight excluding hydrogens is 352 g/mol. The normalized spacial score (nSPS) is 13.2. The molecule has 0 unspecified atom stereocenters. The zero-order valence-electron chi connectivity index (χ0n) is 12.2. The molecule has 0 atom stereocenters.